The summed E-state index contributed by atoms with van der Waals surface area (Å²) in [6, 6.07) is 5.73. The lowest BCUT2D eigenvalue weighted by Gasteiger charge is -2.34. The van der Waals surface area contributed by atoms with E-state index in [0.29, 0.717) is 22.6 Å². The normalized spacial score (nSPS) is 21.7. The number of para-hydroxylation sites is 1. The Bertz CT molecular complexity index is 609. The van der Waals surface area contributed by atoms with E-state index in [-0.39, 0.29) is 6.04 Å². The molecule has 0 bridgehead atoms. The summed E-state index contributed by atoms with van der Waals surface area (Å²) in [4.78, 5) is 0. The minimum Gasteiger partial charge on any atom is -0.397 e. The van der Waals surface area contributed by atoms with Crippen molar-refractivity contribution in [1.82, 2.24) is 20.2 Å². The summed E-state index contributed by atoms with van der Waals surface area (Å²) in [6.45, 7) is 2.74. The van der Waals surface area contributed by atoms with Crippen LogP contribution in [0.5, 0.6) is 0 Å². The number of anilines is 1. The molecular weight excluding hydrogens is 278 g/mol. The van der Waals surface area contributed by atoms with Crippen LogP contribution in [0.25, 0.3) is 11.4 Å². The Labute approximate surface area is 121 Å². The van der Waals surface area contributed by atoms with Crippen molar-refractivity contribution in [3.8, 4) is 11.4 Å². The fraction of sp³-hybridized carbons (Fsp3) is 0.462. The van der Waals surface area contributed by atoms with Crippen molar-refractivity contribution in [3.63, 3.8) is 0 Å². The van der Waals surface area contributed by atoms with Gasteiger partial charge in [-0.25, -0.2) is 4.68 Å². The number of hydrogen-bond donors (Lipinski definition) is 1. The first-order chi connectivity index (χ1) is 9.70. The van der Waals surface area contributed by atoms with Crippen LogP contribution < -0.4 is 5.73 Å². The standard InChI is InChI=1S/C13H16ClN5O/c1-2-20-9-6-8(7-9)19-13(16-17-18-19)10-4-3-5-11(14)12(10)15/h3-5,8-9H,2,6-7,15H2,1H3. The molecule has 1 aliphatic rings. The molecule has 0 atom stereocenters. The molecule has 3 rings (SSSR count). The number of aromatic nitrogens is 4. The first-order valence-electron chi connectivity index (χ1n) is 6.64. The third kappa shape index (κ3) is 2.25. The Morgan fingerprint density at radius 2 is 2.25 bits per heavy atom. The van der Waals surface area contributed by atoms with Gasteiger partial charge < -0.3 is 10.5 Å². The van der Waals surface area contributed by atoms with Crippen molar-refractivity contribution in [3.05, 3.63) is 23.2 Å². The Morgan fingerprint density at radius 3 is 3.00 bits per heavy atom. The highest BCUT2D eigenvalue weighted by molar-refractivity contribution is 6.33. The fourth-order valence-corrected chi connectivity index (χ4v) is 2.63. The molecule has 1 fully saturated rings. The average molecular weight is 294 g/mol. The van der Waals surface area contributed by atoms with E-state index < -0.39 is 0 Å². The van der Waals surface area contributed by atoms with Crippen LogP contribution in [0.3, 0.4) is 0 Å². The van der Waals surface area contributed by atoms with Gasteiger partial charge in [-0.05, 0) is 42.3 Å². The predicted molar refractivity (Wildman–Crippen MR) is 76.4 cm³/mol. The average Bonchev–Trinajstić information content (AvgIpc) is 2.85. The van der Waals surface area contributed by atoms with E-state index in [1.807, 2.05) is 23.7 Å². The first-order valence-corrected chi connectivity index (χ1v) is 7.02. The summed E-state index contributed by atoms with van der Waals surface area (Å²) in [5, 5.41) is 12.4. The molecule has 1 heterocycles. The van der Waals surface area contributed by atoms with Gasteiger partial charge in [0.2, 0.25) is 0 Å². The van der Waals surface area contributed by atoms with Crippen molar-refractivity contribution < 1.29 is 4.74 Å². The Kier molecular flexibility index (Phi) is 3.58. The molecule has 0 spiro atoms. The fourth-order valence-electron chi connectivity index (χ4n) is 2.46. The van der Waals surface area contributed by atoms with Crippen LogP contribution in [0.15, 0.2) is 18.2 Å². The van der Waals surface area contributed by atoms with Gasteiger partial charge in [-0.15, -0.1) is 5.10 Å². The predicted octanol–water partition coefficient (Wildman–Crippen LogP) is 2.32. The van der Waals surface area contributed by atoms with Crippen LogP contribution in [-0.2, 0) is 4.74 Å². The molecule has 0 radical (unpaired) electrons. The summed E-state index contributed by atoms with van der Waals surface area (Å²) in [6.07, 6.45) is 2.15. The van der Waals surface area contributed by atoms with Crippen LogP contribution in [-0.4, -0.2) is 32.9 Å². The number of nitrogens with zero attached hydrogens (tertiary/aromatic N) is 4. The first kappa shape index (κ1) is 13.3. The maximum Gasteiger partial charge on any atom is 0.184 e. The summed E-state index contributed by atoms with van der Waals surface area (Å²) in [7, 11) is 0. The van der Waals surface area contributed by atoms with E-state index in [0.717, 1.165) is 25.0 Å². The third-order valence-corrected chi connectivity index (χ3v) is 3.93. The number of halogens is 1. The molecule has 0 unspecified atom stereocenters. The van der Waals surface area contributed by atoms with Crippen molar-refractivity contribution >= 4 is 17.3 Å². The van der Waals surface area contributed by atoms with Crippen molar-refractivity contribution in [1.29, 1.82) is 0 Å². The van der Waals surface area contributed by atoms with Crippen LogP contribution >= 0.6 is 11.6 Å². The number of benzene rings is 1. The summed E-state index contributed by atoms with van der Waals surface area (Å²) >= 11 is 6.05. The number of nitrogen functional groups attached to an aromatic ring is 1. The summed E-state index contributed by atoms with van der Waals surface area (Å²) in [5.41, 5.74) is 7.28. The number of ether oxygens (including phenoxy) is 1. The van der Waals surface area contributed by atoms with E-state index in [1.165, 1.54) is 0 Å². The third-order valence-electron chi connectivity index (χ3n) is 3.60. The Hall–Kier alpha value is -1.66. The molecule has 0 amide bonds. The molecule has 1 aliphatic carbocycles. The minimum atomic E-state index is 0.259. The van der Waals surface area contributed by atoms with Crippen LogP contribution in [0, 0.1) is 0 Å². The molecule has 1 aromatic carbocycles. The van der Waals surface area contributed by atoms with Gasteiger partial charge >= 0.3 is 0 Å². The van der Waals surface area contributed by atoms with Gasteiger partial charge in [-0.3, -0.25) is 0 Å². The number of tetrazole rings is 1. The highest BCUT2D eigenvalue weighted by Gasteiger charge is 2.34. The van der Waals surface area contributed by atoms with E-state index in [2.05, 4.69) is 15.5 Å². The zero-order valence-electron chi connectivity index (χ0n) is 11.2. The van der Waals surface area contributed by atoms with Gasteiger partial charge in [0.1, 0.15) is 0 Å². The number of hydrogen-bond acceptors (Lipinski definition) is 5. The minimum absolute atomic E-state index is 0.259. The van der Waals surface area contributed by atoms with Gasteiger partial charge in [0.05, 0.1) is 22.9 Å². The van der Waals surface area contributed by atoms with E-state index in [1.54, 1.807) is 6.07 Å². The largest absolute Gasteiger partial charge is 0.397 e. The molecule has 106 valence electrons. The lowest BCUT2D eigenvalue weighted by Crippen LogP contribution is -2.34. The SMILES string of the molecule is CCOC1CC(n2nnnc2-c2cccc(Cl)c2N)C1. The van der Waals surface area contributed by atoms with Gasteiger partial charge in [-0.1, -0.05) is 17.7 Å². The number of nitrogens with two attached hydrogens (primary N) is 1. The van der Waals surface area contributed by atoms with E-state index >= 15 is 0 Å². The van der Waals surface area contributed by atoms with Crippen LogP contribution in [0.1, 0.15) is 25.8 Å². The van der Waals surface area contributed by atoms with Gasteiger partial charge in [0.25, 0.3) is 0 Å². The molecular formula is C13H16ClN5O. The molecule has 1 saturated carbocycles. The quantitative estimate of drug-likeness (QED) is 0.875. The second kappa shape index (κ2) is 5.38. The summed E-state index contributed by atoms with van der Waals surface area (Å²) in [5.74, 6) is 0.657. The van der Waals surface area contributed by atoms with Crippen LogP contribution in [0.4, 0.5) is 5.69 Å². The number of rotatable bonds is 4. The van der Waals surface area contributed by atoms with Crippen LogP contribution in [0.2, 0.25) is 5.02 Å². The highest BCUT2D eigenvalue weighted by Crippen LogP contribution is 2.37. The lowest BCUT2D eigenvalue weighted by atomic mass is 9.89. The monoisotopic (exact) mass is 293 g/mol. The Balaban J connectivity index is 1.86. The van der Waals surface area contributed by atoms with Gasteiger partial charge in [0, 0.05) is 12.2 Å². The van der Waals surface area contributed by atoms with E-state index in [9.17, 15) is 0 Å². The molecule has 0 aliphatic heterocycles. The van der Waals surface area contributed by atoms with Gasteiger partial charge in [0.15, 0.2) is 5.82 Å². The Morgan fingerprint density at radius 1 is 1.45 bits per heavy atom. The van der Waals surface area contributed by atoms with Crippen molar-refractivity contribution in [2.75, 3.05) is 12.3 Å². The molecule has 20 heavy (non-hydrogen) atoms. The lowest BCUT2D eigenvalue weighted by molar-refractivity contribution is -0.0227. The molecule has 7 heteroatoms. The van der Waals surface area contributed by atoms with Crippen molar-refractivity contribution in [2.24, 2.45) is 0 Å². The zero-order chi connectivity index (χ0) is 14.1. The zero-order valence-corrected chi connectivity index (χ0v) is 11.9. The molecule has 2 N–H and O–H groups in total. The van der Waals surface area contributed by atoms with Gasteiger partial charge in [-0.2, -0.15) is 0 Å². The van der Waals surface area contributed by atoms with E-state index in [4.69, 9.17) is 22.1 Å². The molecule has 0 saturated heterocycles. The summed E-state index contributed by atoms with van der Waals surface area (Å²) < 4.78 is 7.38. The highest BCUT2D eigenvalue weighted by atomic mass is 35.5. The topological polar surface area (TPSA) is 78.8 Å². The van der Waals surface area contributed by atoms with Crippen molar-refractivity contribution in [2.45, 2.75) is 31.9 Å². The second-order valence-corrected chi connectivity index (χ2v) is 5.26. The second-order valence-electron chi connectivity index (χ2n) is 4.85. The molecule has 2 aromatic rings. The molecule has 6 nitrogen and oxygen atoms in total. The molecule has 1 aromatic heterocycles. The maximum absolute atomic E-state index is 6.05. The smallest absolute Gasteiger partial charge is 0.184 e. The maximum atomic E-state index is 6.05.